The van der Waals surface area contributed by atoms with E-state index in [4.69, 9.17) is 10.5 Å². The predicted octanol–water partition coefficient (Wildman–Crippen LogP) is 3.02. The maximum absolute atomic E-state index is 10.1. The first-order valence-electron chi connectivity index (χ1n) is 6.87. The van der Waals surface area contributed by atoms with Crippen LogP contribution >= 0.6 is 0 Å². The van der Waals surface area contributed by atoms with Gasteiger partial charge in [0.2, 0.25) is 0 Å². The van der Waals surface area contributed by atoms with Gasteiger partial charge in [-0.3, -0.25) is 0 Å². The lowest BCUT2D eigenvalue weighted by Crippen LogP contribution is -2.33. The quantitative estimate of drug-likeness (QED) is 0.664. The first kappa shape index (κ1) is 15.6. The SMILES string of the molecule is CCCC(C)(O)CNc1cccc(OC(C)C)c1N. The lowest BCUT2D eigenvalue weighted by Gasteiger charge is -2.24. The second kappa shape index (κ2) is 6.66. The van der Waals surface area contributed by atoms with Gasteiger partial charge in [0.05, 0.1) is 23.1 Å². The summed E-state index contributed by atoms with van der Waals surface area (Å²) in [6, 6.07) is 5.64. The van der Waals surface area contributed by atoms with Crippen molar-refractivity contribution in [1.29, 1.82) is 0 Å². The fourth-order valence-corrected chi connectivity index (χ4v) is 1.97. The van der Waals surface area contributed by atoms with E-state index in [0.717, 1.165) is 18.5 Å². The highest BCUT2D eigenvalue weighted by atomic mass is 16.5. The molecule has 19 heavy (non-hydrogen) atoms. The molecule has 0 fully saturated rings. The molecule has 108 valence electrons. The van der Waals surface area contributed by atoms with Crippen LogP contribution in [0.2, 0.25) is 0 Å². The number of hydrogen-bond donors (Lipinski definition) is 3. The Kier molecular flexibility index (Phi) is 5.48. The minimum atomic E-state index is -0.726. The number of para-hydroxylation sites is 1. The molecule has 4 nitrogen and oxygen atoms in total. The molecule has 0 bridgehead atoms. The van der Waals surface area contributed by atoms with Crippen molar-refractivity contribution in [3.63, 3.8) is 0 Å². The van der Waals surface area contributed by atoms with Gasteiger partial charge in [-0.25, -0.2) is 0 Å². The van der Waals surface area contributed by atoms with E-state index in [1.54, 1.807) is 0 Å². The highest BCUT2D eigenvalue weighted by molar-refractivity contribution is 5.73. The molecule has 0 aromatic heterocycles. The molecule has 4 heteroatoms. The van der Waals surface area contributed by atoms with E-state index in [2.05, 4.69) is 12.2 Å². The van der Waals surface area contributed by atoms with E-state index >= 15 is 0 Å². The number of nitrogens with two attached hydrogens (primary N) is 1. The average Bonchev–Trinajstić information content (AvgIpc) is 2.29. The Bertz CT molecular complexity index is 403. The van der Waals surface area contributed by atoms with Gasteiger partial charge in [0.15, 0.2) is 0 Å². The van der Waals surface area contributed by atoms with Gasteiger partial charge < -0.3 is 20.9 Å². The van der Waals surface area contributed by atoms with Crippen molar-refractivity contribution in [3.05, 3.63) is 18.2 Å². The molecule has 1 rings (SSSR count). The van der Waals surface area contributed by atoms with Crippen molar-refractivity contribution in [3.8, 4) is 5.75 Å². The standard InChI is InChI=1S/C15H26N2O2/c1-5-9-15(4,18)10-17-12-7-6-8-13(14(12)16)19-11(2)3/h6-8,11,17-18H,5,9-10,16H2,1-4H3. The molecule has 0 saturated heterocycles. The zero-order valence-corrected chi connectivity index (χ0v) is 12.4. The highest BCUT2D eigenvalue weighted by Crippen LogP contribution is 2.30. The first-order valence-corrected chi connectivity index (χ1v) is 6.87. The smallest absolute Gasteiger partial charge is 0.144 e. The molecule has 0 saturated carbocycles. The number of nitrogens with one attached hydrogen (secondary N) is 1. The van der Waals surface area contributed by atoms with Crippen LogP contribution in [0.15, 0.2) is 18.2 Å². The minimum Gasteiger partial charge on any atom is -0.489 e. The molecule has 1 unspecified atom stereocenters. The fourth-order valence-electron chi connectivity index (χ4n) is 1.97. The van der Waals surface area contributed by atoms with Crippen LogP contribution in [0.3, 0.4) is 0 Å². The summed E-state index contributed by atoms with van der Waals surface area (Å²) >= 11 is 0. The molecule has 0 aliphatic carbocycles. The summed E-state index contributed by atoms with van der Waals surface area (Å²) in [5, 5.41) is 13.3. The second-order valence-corrected chi connectivity index (χ2v) is 5.48. The molecule has 0 amide bonds. The first-order chi connectivity index (χ1) is 8.85. The second-order valence-electron chi connectivity index (χ2n) is 5.48. The van der Waals surface area contributed by atoms with Crippen LogP contribution in [0.25, 0.3) is 0 Å². The van der Waals surface area contributed by atoms with Gasteiger partial charge in [0.25, 0.3) is 0 Å². The molecule has 0 aliphatic rings. The molecular formula is C15H26N2O2. The number of hydrogen-bond acceptors (Lipinski definition) is 4. The van der Waals surface area contributed by atoms with Gasteiger partial charge in [0, 0.05) is 6.54 Å². The Balaban J connectivity index is 2.74. The molecule has 0 aliphatic heterocycles. The average molecular weight is 266 g/mol. The maximum Gasteiger partial charge on any atom is 0.144 e. The van der Waals surface area contributed by atoms with E-state index in [0.29, 0.717) is 18.0 Å². The maximum atomic E-state index is 10.1. The van der Waals surface area contributed by atoms with Gasteiger partial charge in [-0.15, -0.1) is 0 Å². The lowest BCUT2D eigenvalue weighted by molar-refractivity contribution is 0.0637. The largest absolute Gasteiger partial charge is 0.489 e. The number of rotatable bonds is 7. The monoisotopic (exact) mass is 266 g/mol. The number of aliphatic hydroxyl groups is 1. The molecule has 1 aromatic carbocycles. The highest BCUT2D eigenvalue weighted by Gasteiger charge is 2.19. The molecule has 0 spiro atoms. The summed E-state index contributed by atoms with van der Waals surface area (Å²) in [5.41, 5.74) is 6.73. The van der Waals surface area contributed by atoms with Crippen LogP contribution in [0.1, 0.15) is 40.5 Å². The van der Waals surface area contributed by atoms with E-state index in [1.807, 2.05) is 39.0 Å². The van der Waals surface area contributed by atoms with E-state index in [9.17, 15) is 5.11 Å². The fraction of sp³-hybridized carbons (Fsp3) is 0.600. The van der Waals surface area contributed by atoms with Crippen molar-refractivity contribution in [2.24, 2.45) is 0 Å². The van der Waals surface area contributed by atoms with Crippen molar-refractivity contribution >= 4 is 11.4 Å². The van der Waals surface area contributed by atoms with Gasteiger partial charge in [-0.1, -0.05) is 19.4 Å². The van der Waals surface area contributed by atoms with Crippen LogP contribution in [-0.4, -0.2) is 23.4 Å². The van der Waals surface area contributed by atoms with E-state index < -0.39 is 5.60 Å². The third-order valence-corrected chi connectivity index (χ3v) is 2.88. The summed E-state index contributed by atoms with van der Waals surface area (Å²) in [6.45, 7) is 8.28. The topological polar surface area (TPSA) is 67.5 Å². The van der Waals surface area contributed by atoms with E-state index in [1.165, 1.54) is 0 Å². The third kappa shape index (κ3) is 4.99. The van der Waals surface area contributed by atoms with Crippen molar-refractivity contribution < 1.29 is 9.84 Å². The molecule has 4 N–H and O–H groups in total. The van der Waals surface area contributed by atoms with Crippen LogP contribution in [0.5, 0.6) is 5.75 Å². The number of ether oxygens (including phenoxy) is 1. The van der Waals surface area contributed by atoms with Crippen LogP contribution in [0.4, 0.5) is 11.4 Å². The molecule has 0 radical (unpaired) electrons. The van der Waals surface area contributed by atoms with Crippen LogP contribution in [-0.2, 0) is 0 Å². The predicted molar refractivity (Wildman–Crippen MR) is 80.6 cm³/mol. The zero-order valence-electron chi connectivity index (χ0n) is 12.4. The summed E-state index contributed by atoms with van der Waals surface area (Å²) in [5.74, 6) is 0.676. The van der Waals surface area contributed by atoms with Crippen molar-refractivity contribution in [2.75, 3.05) is 17.6 Å². The minimum absolute atomic E-state index is 0.0840. The molecule has 0 heterocycles. The van der Waals surface area contributed by atoms with Gasteiger partial charge >= 0.3 is 0 Å². The zero-order chi connectivity index (χ0) is 14.5. The Morgan fingerprint density at radius 1 is 1.42 bits per heavy atom. The molecule has 1 aromatic rings. The Morgan fingerprint density at radius 3 is 2.68 bits per heavy atom. The van der Waals surface area contributed by atoms with Crippen LogP contribution in [0, 0.1) is 0 Å². The Morgan fingerprint density at radius 2 is 2.11 bits per heavy atom. The summed E-state index contributed by atoms with van der Waals surface area (Å²) in [4.78, 5) is 0. The number of nitrogen functional groups attached to an aromatic ring is 1. The summed E-state index contributed by atoms with van der Waals surface area (Å²) in [7, 11) is 0. The Hall–Kier alpha value is -1.42. The van der Waals surface area contributed by atoms with Crippen molar-refractivity contribution in [2.45, 2.75) is 52.2 Å². The van der Waals surface area contributed by atoms with Gasteiger partial charge in [0.1, 0.15) is 5.75 Å². The van der Waals surface area contributed by atoms with Gasteiger partial charge in [-0.05, 0) is 39.3 Å². The Labute approximate surface area is 116 Å². The van der Waals surface area contributed by atoms with E-state index in [-0.39, 0.29) is 6.10 Å². The normalized spacial score (nSPS) is 14.2. The molecule has 1 atom stereocenters. The number of benzene rings is 1. The van der Waals surface area contributed by atoms with Crippen LogP contribution < -0.4 is 15.8 Å². The third-order valence-electron chi connectivity index (χ3n) is 2.88. The van der Waals surface area contributed by atoms with Crippen molar-refractivity contribution in [1.82, 2.24) is 0 Å². The molecular weight excluding hydrogens is 240 g/mol. The lowest BCUT2D eigenvalue weighted by atomic mass is 10.0. The summed E-state index contributed by atoms with van der Waals surface area (Å²) < 4.78 is 5.64. The summed E-state index contributed by atoms with van der Waals surface area (Å²) in [6.07, 6.45) is 1.78. The number of anilines is 2. The van der Waals surface area contributed by atoms with Gasteiger partial charge in [-0.2, -0.15) is 0 Å².